The maximum absolute atomic E-state index is 12.1. The third-order valence-corrected chi connectivity index (χ3v) is 4.22. The molecule has 4 heteroatoms. The molecule has 3 nitrogen and oxygen atoms in total. The summed E-state index contributed by atoms with van der Waals surface area (Å²) < 4.78 is 0. The Labute approximate surface area is 129 Å². The van der Waals surface area contributed by atoms with Crippen LogP contribution in [0.5, 0.6) is 0 Å². The van der Waals surface area contributed by atoms with Crippen LogP contribution in [0.2, 0.25) is 0 Å². The number of rotatable bonds is 5. The highest BCUT2D eigenvalue weighted by atomic mass is 32.2. The highest BCUT2D eigenvalue weighted by Crippen LogP contribution is 2.33. The molecule has 0 heterocycles. The molecule has 1 atom stereocenters. The third-order valence-electron chi connectivity index (χ3n) is 3.14. The van der Waals surface area contributed by atoms with E-state index in [1.54, 1.807) is 11.8 Å². The van der Waals surface area contributed by atoms with Gasteiger partial charge in [-0.25, -0.2) is 0 Å². The molecule has 3 N–H and O–H groups in total. The van der Waals surface area contributed by atoms with Gasteiger partial charge in [-0.05, 0) is 30.2 Å². The number of para-hydroxylation sites is 1. The quantitative estimate of drug-likeness (QED) is 0.884. The molecule has 0 aliphatic rings. The van der Waals surface area contributed by atoms with Crippen molar-refractivity contribution in [1.82, 2.24) is 0 Å². The molecule has 0 fully saturated rings. The summed E-state index contributed by atoms with van der Waals surface area (Å²) in [5.74, 6) is -0.0370. The number of benzene rings is 2. The summed E-state index contributed by atoms with van der Waals surface area (Å²) >= 11 is 1.62. The average Bonchev–Trinajstić information content (AvgIpc) is 2.49. The monoisotopic (exact) mass is 300 g/mol. The van der Waals surface area contributed by atoms with Crippen LogP contribution in [-0.4, -0.2) is 11.9 Å². The smallest absolute Gasteiger partial charge is 0.241 e. The van der Waals surface area contributed by atoms with Gasteiger partial charge in [-0.3, -0.25) is 4.79 Å². The SMILES string of the molecule is CC(C)[C@H](N)C(=O)Nc1ccccc1Sc1ccccc1. The van der Waals surface area contributed by atoms with Gasteiger partial charge in [0.15, 0.2) is 0 Å². The molecule has 21 heavy (non-hydrogen) atoms. The third kappa shape index (κ3) is 4.34. The standard InChI is InChI=1S/C17H20N2OS/c1-12(2)16(18)17(20)19-14-10-6-7-11-15(14)21-13-8-4-3-5-9-13/h3-12,16H,18H2,1-2H3,(H,19,20)/t16-/m0/s1. The molecular weight excluding hydrogens is 280 g/mol. The van der Waals surface area contributed by atoms with Crippen molar-refractivity contribution in [3.05, 3.63) is 54.6 Å². The van der Waals surface area contributed by atoms with Gasteiger partial charge in [0.2, 0.25) is 5.91 Å². The number of hydrogen-bond donors (Lipinski definition) is 2. The first-order valence-electron chi connectivity index (χ1n) is 6.96. The molecular formula is C17H20N2OS. The molecule has 0 bridgehead atoms. The number of nitrogens with two attached hydrogens (primary N) is 1. The van der Waals surface area contributed by atoms with Gasteiger partial charge in [0.1, 0.15) is 0 Å². The molecule has 0 aromatic heterocycles. The number of nitrogens with one attached hydrogen (secondary N) is 1. The Bertz CT molecular complexity index is 599. The second-order valence-electron chi connectivity index (χ2n) is 5.17. The molecule has 0 unspecified atom stereocenters. The van der Waals surface area contributed by atoms with Crippen molar-refractivity contribution in [2.75, 3.05) is 5.32 Å². The molecule has 0 saturated heterocycles. The molecule has 2 rings (SSSR count). The van der Waals surface area contributed by atoms with Crippen molar-refractivity contribution >= 4 is 23.4 Å². The normalized spacial score (nSPS) is 12.2. The second-order valence-corrected chi connectivity index (χ2v) is 6.29. The Kier molecular flexibility index (Phi) is 5.42. The topological polar surface area (TPSA) is 55.1 Å². The van der Waals surface area contributed by atoms with E-state index < -0.39 is 6.04 Å². The van der Waals surface area contributed by atoms with Crippen molar-refractivity contribution in [3.8, 4) is 0 Å². The number of amides is 1. The lowest BCUT2D eigenvalue weighted by Gasteiger charge is -2.17. The molecule has 1 amide bonds. The maximum Gasteiger partial charge on any atom is 0.241 e. The molecule has 2 aromatic carbocycles. The number of anilines is 1. The molecule has 110 valence electrons. The van der Waals surface area contributed by atoms with E-state index in [1.165, 1.54) is 0 Å². The average molecular weight is 300 g/mol. The molecule has 0 aliphatic carbocycles. The van der Waals surface area contributed by atoms with Crippen molar-refractivity contribution in [3.63, 3.8) is 0 Å². The Hall–Kier alpha value is -1.78. The van der Waals surface area contributed by atoms with Gasteiger partial charge >= 0.3 is 0 Å². The largest absolute Gasteiger partial charge is 0.324 e. The van der Waals surface area contributed by atoms with Crippen LogP contribution < -0.4 is 11.1 Å². The first-order chi connectivity index (χ1) is 10.1. The van der Waals surface area contributed by atoms with Crippen LogP contribution in [0.15, 0.2) is 64.4 Å². The lowest BCUT2D eigenvalue weighted by atomic mass is 10.1. The highest BCUT2D eigenvalue weighted by Gasteiger charge is 2.18. The summed E-state index contributed by atoms with van der Waals surface area (Å²) in [5.41, 5.74) is 6.69. The van der Waals surface area contributed by atoms with Crippen molar-refractivity contribution < 1.29 is 4.79 Å². The first kappa shape index (κ1) is 15.6. The van der Waals surface area contributed by atoms with Crippen LogP contribution in [0.1, 0.15) is 13.8 Å². The zero-order chi connectivity index (χ0) is 15.2. The minimum Gasteiger partial charge on any atom is -0.324 e. The van der Waals surface area contributed by atoms with E-state index in [0.717, 1.165) is 15.5 Å². The van der Waals surface area contributed by atoms with E-state index in [1.807, 2.05) is 68.4 Å². The van der Waals surface area contributed by atoms with Gasteiger partial charge < -0.3 is 11.1 Å². The van der Waals surface area contributed by atoms with Crippen LogP contribution in [0.3, 0.4) is 0 Å². The lowest BCUT2D eigenvalue weighted by molar-refractivity contribution is -0.118. The van der Waals surface area contributed by atoms with Crippen LogP contribution in [0.4, 0.5) is 5.69 Å². The molecule has 0 saturated carbocycles. The van der Waals surface area contributed by atoms with Crippen LogP contribution in [0, 0.1) is 5.92 Å². The summed E-state index contributed by atoms with van der Waals surface area (Å²) in [5, 5.41) is 2.93. The Morgan fingerprint density at radius 2 is 1.67 bits per heavy atom. The van der Waals surface area contributed by atoms with E-state index in [4.69, 9.17) is 5.73 Å². The van der Waals surface area contributed by atoms with E-state index in [0.29, 0.717) is 0 Å². The fraction of sp³-hybridized carbons (Fsp3) is 0.235. The summed E-state index contributed by atoms with van der Waals surface area (Å²) in [7, 11) is 0. The van der Waals surface area contributed by atoms with Gasteiger partial charge in [-0.2, -0.15) is 0 Å². The van der Waals surface area contributed by atoms with Gasteiger partial charge in [0.25, 0.3) is 0 Å². The summed E-state index contributed by atoms with van der Waals surface area (Å²) in [4.78, 5) is 14.3. The first-order valence-corrected chi connectivity index (χ1v) is 7.78. The van der Waals surface area contributed by atoms with Gasteiger partial charge in [-0.15, -0.1) is 0 Å². The predicted octanol–water partition coefficient (Wildman–Crippen LogP) is 3.76. The van der Waals surface area contributed by atoms with E-state index in [9.17, 15) is 4.79 Å². The fourth-order valence-corrected chi connectivity index (χ4v) is 2.72. The van der Waals surface area contributed by atoms with Gasteiger partial charge in [0.05, 0.1) is 11.7 Å². The molecule has 2 aromatic rings. The second kappa shape index (κ2) is 7.29. The summed E-state index contributed by atoms with van der Waals surface area (Å²) in [6.07, 6.45) is 0. The lowest BCUT2D eigenvalue weighted by Crippen LogP contribution is -2.39. The number of carbonyl (C=O) groups excluding carboxylic acids is 1. The van der Waals surface area contributed by atoms with Crippen molar-refractivity contribution in [2.24, 2.45) is 11.7 Å². The van der Waals surface area contributed by atoms with Crippen LogP contribution in [-0.2, 0) is 4.79 Å². The highest BCUT2D eigenvalue weighted by molar-refractivity contribution is 7.99. The number of carbonyl (C=O) groups is 1. The predicted molar refractivity (Wildman–Crippen MR) is 88.5 cm³/mol. The Balaban J connectivity index is 2.16. The summed E-state index contributed by atoms with van der Waals surface area (Å²) in [6.45, 7) is 3.88. The van der Waals surface area contributed by atoms with E-state index in [-0.39, 0.29) is 11.8 Å². The number of hydrogen-bond acceptors (Lipinski definition) is 3. The molecule has 0 aliphatic heterocycles. The summed E-state index contributed by atoms with van der Waals surface area (Å²) in [6, 6.07) is 17.3. The Morgan fingerprint density at radius 3 is 2.33 bits per heavy atom. The van der Waals surface area contributed by atoms with Crippen molar-refractivity contribution in [2.45, 2.75) is 29.7 Å². The van der Waals surface area contributed by atoms with E-state index >= 15 is 0 Å². The van der Waals surface area contributed by atoms with Gasteiger partial charge in [0, 0.05) is 9.79 Å². The fourth-order valence-electron chi connectivity index (χ4n) is 1.79. The maximum atomic E-state index is 12.1. The van der Waals surface area contributed by atoms with Crippen LogP contribution in [0.25, 0.3) is 0 Å². The van der Waals surface area contributed by atoms with Crippen molar-refractivity contribution in [1.29, 1.82) is 0 Å². The van der Waals surface area contributed by atoms with Crippen LogP contribution >= 0.6 is 11.8 Å². The van der Waals surface area contributed by atoms with Gasteiger partial charge in [-0.1, -0.05) is 55.9 Å². The minimum absolute atomic E-state index is 0.110. The zero-order valence-corrected chi connectivity index (χ0v) is 13.1. The molecule has 0 spiro atoms. The zero-order valence-electron chi connectivity index (χ0n) is 12.2. The molecule has 0 radical (unpaired) electrons. The Morgan fingerprint density at radius 1 is 1.05 bits per heavy atom. The van der Waals surface area contributed by atoms with E-state index in [2.05, 4.69) is 5.32 Å². The minimum atomic E-state index is -0.500.